The minimum Gasteiger partial charge on any atom is -0.357 e. The van der Waals surface area contributed by atoms with Crippen molar-refractivity contribution in [1.82, 2.24) is 20.0 Å². The first-order valence-corrected chi connectivity index (χ1v) is 10.4. The highest BCUT2D eigenvalue weighted by molar-refractivity contribution is 8.00. The number of thioether (sulfide) groups is 1. The lowest BCUT2D eigenvalue weighted by Gasteiger charge is -2.45. The Balaban J connectivity index is 1.61. The second kappa shape index (κ2) is 8.75. The van der Waals surface area contributed by atoms with E-state index in [0.717, 1.165) is 31.3 Å². The summed E-state index contributed by atoms with van der Waals surface area (Å²) in [6, 6.07) is 0. The van der Waals surface area contributed by atoms with E-state index in [4.69, 9.17) is 4.99 Å². The first kappa shape index (κ1) is 19.0. The zero-order valence-corrected chi connectivity index (χ0v) is 16.2. The molecule has 2 heterocycles. The average Bonchev–Trinajstić information content (AvgIpc) is 3.11. The van der Waals surface area contributed by atoms with Gasteiger partial charge in [-0.2, -0.15) is 16.9 Å². The lowest BCUT2D eigenvalue weighted by atomic mass is 9.87. The van der Waals surface area contributed by atoms with Gasteiger partial charge in [0.05, 0.1) is 18.0 Å². The Kier molecular flexibility index (Phi) is 6.39. The standard InChI is InChI=1S/C17H28N6O2S/c1-2-18-16(19-8-9-22-13-15(12-20-22)23(24)25)21-10-11-26-17(14-21)6-4-3-5-7-17/h12-13H,2-11,14H2,1H3,(H,18,19). The lowest BCUT2D eigenvalue weighted by Crippen LogP contribution is -2.53. The van der Waals surface area contributed by atoms with E-state index < -0.39 is 4.92 Å². The summed E-state index contributed by atoms with van der Waals surface area (Å²) >= 11 is 2.15. The molecule has 8 nitrogen and oxygen atoms in total. The molecule has 1 aliphatic carbocycles. The van der Waals surface area contributed by atoms with E-state index in [2.05, 4.69) is 34.0 Å². The van der Waals surface area contributed by atoms with Gasteiger partial charge in [0.1, 0.15) is 12.4 Å². The lowest BCUT2D eigenvalue weighted by molar-refractivity contribution is -0.385. The summed E-state index contributed by atoms with van der Waals surface area (Å²) < 4.78 is 1.98. The number of guanidine groups is 1. The minimum atomic E-state index is -0.425. The zero-order valence-electron chi connectivity index (χ0n) is 15.4. The fourth-order valence-electron chi connectivity index (χ4n) is 3.78. The molecule has 0 atom stereocenters. The molecule has 9 heteroatoms. The second-order valence-electron chi connectivity index (χ2n) is 6.97. The Hall–Kier alpha value is -1.77. The monoisotopic (exact) mass is 380 g/mol. The maximum Gasteiger partial charge on any atom is 0.306 e. The first-order chi connectivity index (χ1) is 12.6. The molecular formula is C17H28N6O2S. The van der Waals surface area contributed by atoms with Gasteiger partial charge < -0.3 is 10.2 Å². The predicted octanol–water partition coefficient (Wildman–Crippen LogP) is 2.51. The minimum absolute atomic E-state index is 0.0215. The molecule has 1 saturated heterocycles. The third kappa shape index (κ3) is 4.69. The van der Waals surface area contributed by atoms with E-state index in [0.29, 0.717) is 17.8 Å². The Morgan fingerprint density at radius 2 is 2.27 bits per heavy atom. The van der Waals surface area contributed by atoms with Crippen molar-refractivity contribution in [3.63, 3.8) is 0 Å². The van der Waals surface area contributed by atoms with E-state index in [1.807, 2.05) is 0 Å². The van der Waals surface area contributed by atoms with Gasteiger partial charge in [0.25, 0.3) is 0 Å². The summed E-state index contributed by atoms with van der Waals surface area (Å²) in [6.45, 7) is 6.10. The van der Waals surface area contributed by atoms with Crippen molar-refractivity contribution in [2.75, 3.05) is 31.9 Å². The van der Waals surface area contributed by atoms with Crippen LogP contribution in [0.2, 0.25) is 0 Å². The van der Waals surface area contributed by atoms with E-state index >= 15 is 0 Å². The molecule has 0 aromatic carbocycles. The van der Waals surface area contributed by atoms with E-state index in [9.17, 15) is 10.1 Å². The number of hydrogen-bond donors (Lipinski definition) is 1. The molecule has 0 radical (unpaired) electrons. The van der Waals surface area contributed by atoms with Gasteiger partial charge in [-0.05, 0) is 19.8 Å². The third-order valence-corrected chi connectivity index (χ3v) is 6.61. The fraction of sp³-hybridized carbons (Fsp3) is 0.765. The molecule has 0 unspecified atom stereocenters. The molecule has 1 aliphatic heterocycles. The molecule has 3 rings (SSSR count). The summed E-state index contributed by atoms with van der Waals surface area (Å²) in [5, 5.41) is 18.2. The van der Waals surface area contributed by atoms with Crippen molar-refractivity contribution in [2.45, 2.75) is 50.3 Å². The molecule has 26 heavy (non-hydrogen) atoms. The molecule has 0 bridgehead atoms. The largest absolute Gasteiger partial charge is 0.357 e. The summed E-state index contributed by atoms with van der Waals surface area (Å²) in [5.74, 6) is 2.11. The summed E-state index contributed by atoms with van der Waals surface area (Å²) in [5.41, 5.74) is 0.0215. The normalized spacial score (nSPS) is 20.3. The first-order valence-electron chi connectivity index (χ1n) is 9.46. The molecule has 1 N–H and O–H groups in total. The van der Waals surface area contributed by atoms with Crippen LogP contribution in [0.3, 0.4) is 0 Å². The zero-order chi connectivity index (χ0) is 18.4. The Morgan fingerprint density at radius 1 is 1.46 bits per heavy atom. The quantitative estimate of drug-likeness (QED) is 0.365. The molecule has 144 valence electrons. The van der Waals surface area contributed by atoms with Gasteiger partial charge in [0.2, 0.25) is 0 Å². The SMILES string of the molecule is CCNC(=NCCn1cc([N+](=O)[O-])cn1)N1CCSC2(CCCCC2)C1. The van der Waals surface area contributed by atoms with E-state index in [1.54, 1.807) is 4.68 Å². The van der Waals surface area contributed by atoms with Gasteiger partial charge in [0.15, 0.2) is 5.96 Å². The van der Waals surface area contributed by atoms with Crippen molar-refractivity contribution in [3.8, 4) is 0 Å². The number of rotatable bonds is 5. The van der Waals surface area contributed by atoms with Crippen LogP contribution in [0.25, 0.3) is 0 Å². The van der Waals surface area contributed by atoms with Crippen LogP contribution in [-0.2, 0) is 6.54 Å². The Bertz CT molecular complexity index is 635. The molecule has 1 saturated carbocycles. The van der Waals surface area contributed by atoms with Crippen LogP contribution < -0.4 is 5.32 Å². The van der Waals surface area contributed by atoms with Crippen LogP contribution in [0, 0.1) is 10.1 Å². The van der Waals surface area contributed by atoms with Crippen molar-refractivity contribution in [3.05, 3.63) is 22.5 Å². The molecule has 1 spiro atoms. The maximum absolute atomic E-state index is 10.7. The highest BCUT2D eigenvalue weighted by Gasteiger charge is 2.38. The molecule has 2 fully saturated rings. The predicted molar refractivity (Wildman–Crippen MR) is 105 cm³/mol. The Morgan fingerprint density at radius 3 is 2.96 bits per heavy atom. The smallest absolute Gasteiger partial charge is 0.306 e. The highest BCUT2D eigenvalue weighted by Crippen LogP contribution is 2.42. The summed E-state index contributed by atoms with van der Waals surface area (Å²) in [6.07, 6.45) is 9.40. The highest BCUT2D eigenvalue weighted by atomic mass is 32.2. The summed E-state index contributed by atoms with van der Waals surface area (Å²) in [7, 11) is 0. The second-order valence-corrected chi connectivity index (χ2v) is 8.53. The van der Waals surface area contributed by atoms with Crippen LogP contribution in [0.15, 0.2) is 17.4 Å². The maximum atomic E-state index is 10.7. The van der Waals surface area contributed by atoms with Crippen molar-refractivity contribution in [2.24, 2.45) is 4.99 Å². The van der Waals surface area contributed by atoms with Crippen molar-refractivity contribution < 1.29 is 4.92 Å². The van der Waals surface area contributed by atoms with Crippen LogP contribution in [-0.4, -0.2) is 62.2 Å². The van der Waals surface area contributed by atoms with Gasteiger partial charge in [-0.15, -0.1) is 0 Å². The van der Waals surface area contributed by atoms with Crippen molar-refractivity contribution >= 4 is 23.4 Å². The molecule has 1 aromatic rings. The van der Waals surface area contributed by atoms with Gasteiger partial charge >= 0.3 is 5.69 Å². The van der Waals surface area contributed by atoms with Gasteiger partial charge in [-0.25, -0.2) is 0 Å². The van der Waals surface area contributed by atoms with Gasteiger partial charge in [-0.3, -0.25) is 19.8 Å². The van der Waals surface area contributed by atoms with Crippen LogP contribution >= 0.6 is 11.8 Å². The molecule has 1 aromatic heterocycles. The van der Waals surface area contributed by atoms with Crippen LogP contribution in [0.1, 0.15) is 39.0 Å². The molecule has 0 amide bonds. The topological polar surface area (TPSA) is 88.6 Å². The number of aliphatic imine (C=N–C) groups is 1. The number of nitrogens with zero attached hydrogens (tertiary/aromatic N) is 5. The van der Waals surface area contributed by atoms with E-state index in [-0.39, 0.29) is 5.69 Å². The van der Waals surface area contributed by atoms with Crippen LogP contribution in [0.5, 0.6) is 0 Å². The molecular weight excluding hydrogens is 352 g/mol. The van der Waals surface area contributed by atoms with Gasteiger partial charge in [-0.1, -0.05) is 19.3 Å². The molecule has 2 aliphatic rings. The van der Waals surface area contributed by atoms with E-state index in [1.165, 1.54) is 44.5 Å². The summed E-state index contributed by atoms with van der Waals surface area (Å²) in [4.78, 5) is 17.5. The third-order valence-electron chi connectivity index (χ3n) is 5.07. The number of nitrogens with one attached hydrogen (secondary N) is 1. The number of aromatic nitrogens is 2. The van der Waals surface area contributed by atoms with Crippen molar-refractivity contribution in [1.29, 1.82) is 0 Å². The number of nitro groups is 1. The van der Waals surface area contributed by atoms with Gasteiger partial charge in [0, 0.05) is 30.1 Å². The fourth-order valence-corrected chi connectivity index (χ4v) is 5.35. The number of hydrogen-bond acceptors (Lipinski definition) is 5. The Labute approximate surface area is 158 Å². The van der Waals surface area contributed by atoms with Crippen LogP contribution in [0.4, 0.5) is 5.69 Å². The average molecular weight is 381 g/mol.